The first kappa shape index (κ1) is 20.8. The molecular formula is C17H17Cl3N2O3S. The van der Waals surface area contributed by atoms with Crippen LogP contribution in [0.2, 0.25) is 15.1 Å². The molecule has 0 saturated carbocycles. The second kappa shape index (κ2) is 8.48. The van der Waals surface area contributed by atoms with Crippen molar-refractivity contribution in [3.8, 4) is 0 Å². The number of carbonyl (C=O) groups excluding carboxylic acids is 1. The van der Waals surface area contributed by atoms with Crippen LogP contribution in [0.3, 0.4) is 0 Å². The fourth-order valence-corrected chi connectivity index (χ4v) is 4.21. The Kier molecular flexibility index (Phi) is 6.80. The summed E-state index contributed by atoms with van der Waals surface area (Å²) in [6.07, 6.45) is 1.00. The van der Waals surface area contributed by atoms with Gasteiger partial charge in [-0.05, 0) is 36.8 Å². The molecule has 0 aliphatic carbocycles. The third-order valence-electron chi connectivity index (χ3n) is 3.65. The van der Waals surface area contributed by atoms with Crippen LogP contribution in [0.25, 0.3) is 0 Å². The first-order valence-electron chi connectivity index (χ1n) is 7.57. The zero-order chi connectivity index (χ0) is 19.5. The van der Waals surface area contributed by atoms with Crippen LogP contribution in [0.15, 0.2) is 42.5 Å². The highest BCUT2D eigenvalue weighted by molar-refractivity contribution is 7.92. The normalized spacial score (nSPS) is 12.5. The van der Waals surface area contributed by atoms with Gasteiger partial charge >= 0.3 is 0 Å². The summed E-state index contributed by atoms with van der Waals surface area (Å²) in [5.74, 6) is -0.494. The van der Waals surface area contributed by atoms with Gasteiger partial charge in [0.05, 0.1) is 17.0 Å². The van der Waals surface area contributed by atoms with Crippen LogP contribution in [0.1, 0.15) is 12.5 Å². The average Bonchev–Trinajstić information content (AvgIpc) is 2.56. The Bertz CT molecular complexity index is 919. The third-order valence-corrected chi connectivity index (χ3v) is 5.80. The SMILES string of the molecule is C[C@@H](C(=O)NCc1ccccc1Cl)N(c1cc(Cl)ccc1Cl)S(C)(=O)=O. The molecule has 1 N–H and O–H groups in total. The van der Waals surface area contributed by atoms with E-state index in [1.54, 1.807) is 24.3 Å². The van der Waals surface area contributed by atoms with E-state index >= 15 is 0 Å². The van der Waals surface area contributed by atoms with E-state index in [0.717, 1.165) is 16.1 Å². The van der Waals surface area contributed by atoms with E-state index in [9.17, 15) is 13.2 Å². The van der Waals surface area contributed by atoms with Crippen molar-refractivity contribution in [2.24, 2.45) is 0 Å². The first-order chi connectivity index (χ1) is 12.1. The summed E-state index contributed by atoms with van der Waals surface area (Å²) < 4.78 is 25.5. The van der Waals surface area contributed by atoms with Crippen LogP contribution in [0.5, 0.6) is 0 Å². The van der Waals surface area contributed by atoms with Crippen molar-refractivity contribution in [1.29, 1.82) is 0 Å². The first-order valence-corrected chi connectivity index (χ1v) is 10.5. The van der Waals surface area contributed by atoms with E-state index in [-0.39, 0.29) is 17.3 Å². The fourth-order valence-electron chi connectivity index (χ4n) is 2.41. The topological polar surface area (TPSA) is 66.5 Å². The Morgan fingerprint density at radius 2 is 1.77 bits per heavy atom. The molecule has 0 saturated heterocycles. The van der Waals surface area contributed by atoms with Gasteiger partial charge in [0.2, 0.25) is 15.9 Å². The van der Waals surface area contributed by atoms with Gasteiger partial charge in [-0.3, -0.25) is 9.10 Å². The number of halogens is 3. The molecule has 0 aromatic heterocycles. The maximum atomic E-state index is 12.5. The average molecular weight is 436 g/mol. The molecule has 0 fully saturated rings. The van der Waals surface area contributed by atoms with Gasteiger partial charge in [-0.2, -0.15) is 0 Å². The van der Waals surface area contributed by atoms with Crippen molar-refractivity contribution >= 4 is 56.4 Å². The highest BCUT2D eigenvalue weighted by atomic mass is 35.5. The predicted octanol–water partition coefficient (Wildman–Crippen LogP) is 4.12. The number of benzene rings is 2. The number of amides is 1. The number of hydrogen-bond acceptors (Lipinski definition) is 3. The second-order valence-electron chi connectivity index (χ2n) is 5.64. The summed E-state index contributed by atoms with van der Waals surface area (Å²) >= 11 is 18.2. The van der Waals surface area contributed by atoms with Gasteiger partial charge in [-0.15, -0.1) is 0 Å². The molecule has 0 heterocycles. The third kappa shape index (κ3) is 5.04. The summed E-state index contributed by atoms with van der Waals surface area (Å²) in [6, 6.07) is 10.4. The quantitative estimate of drug-likeness (QED) is 0.742. The summed E-state index contributed by atoms with van der Waals surface area (Å²) in [5, 5.41) is 3.68. The van der Waals surface area contributed by atoms with Crippen LogP contribution in [-0.2, 0) is 21.4 Å². The second-order valence-corrected chi connectivity index (χ2v) is 8.75. The highest BCUT2D eigenvalue weighted by Gasteiger charge is 2.30. The lowest BCUT2D eigenvalue weighted by atomic mass is 10.2. The van der Waals surface area contributed by atoms with E-state index in [0.29, 0.717) is 10.0 Å². The van der Waals surface area contributed by atoms with E-state index in [2.05, 4.69) is 5.32 Å². The largest absolute Gasteiger partial charge is 0.350 e. The van der Waals surface area contributed by atoms with Crippen molar-refractivity contribution in [1.82, 2.24) is 5.32 Å². The Labute approximate surface area is 167 Å². The number of sulfonamides is 1. The van der Waals surface area contributed by atoms with Crippen LogP contribution < -0.4 is 9.62 Å². The minimum Gasteiger partial charge on any atom is -0.350 e. The van der Waals surface area contributed by atoms with Crippen LogP contribution in [0, 0.1) is 0 Å². The monoisotopic (exact) mass is 434 g/mol. The Morgan fingerprint density at radius 3 is 2.38 bits per heavy atom. The lowest BCUT2D eigenvalue weighted by Gasteiger charge is -2.29. The zero-order valence-electron chi connectivity index (χ0n) is 14.0. The number of nitrogens with zero attached hydrogens (tertiary/aromatic N) is 1. The Balaban J connectivity index is 2.27. The molecule has 5 nitrogen and oxygen atoms in total. The lowest BCUT2D eigenvalue weighted by Crippen LogP contribution is -2.47. The molecule has 0 unspecified atom stereocenters. The van der Waals surface area contributed by atoms with Crippen molar-refractivity contribution in [3.05, 3.63) is 63.1 Å². The molecular weight excluding hydrogens is 419 g/mol. The minimum absolute atomic E-state index is 0.141. The van der Waals surface area contributed by atoms with E-state index < -0.39 is 22.0 Å². The zero-order valence-corrected chi connectivity index (χ0v) is 17.1. The van der Waals surface area contributed by atoms with Crippen LogP contribution in [0.4, 0.5) is 5.69 Å². The van der Waals surface area contributed by atoms with Crippen molar-refractivity contribution < 1.29 is 13.2 Å². The summed E-state index contributed by atoms with van der Waals surface area (Å²) in [5.41, 5.74) is 0.864. The Hall–Kier alpha value is -1.47. The smallest absolute Gasteiger partial charge is 0.243 e. The fraction of sp³-hybridized carbons (Fsp3) is 0.235. The van der Waals surface area contributed by atoms with Crippen molar-refractivity contribution in [2.75, 3.05) is 10.6 Å². The van der Waals surface area contributed by atoms with Crippen molar-refractivity contribution in [3.63, 3.8) is 0 Å². The van der Waals surface area contributed by atoms with Gasteiger partial charge < -0.3 is 5.32 Å². The van der Waals surface area contributed by atoms with Crippen LogP contribution in [-0.4, -0.2) is 26.6 Å². The maximum absolute atomic E-state index is 12.5. The highest BCUT2D eigenvalue weighted by Crippen LogP contribution is 2.32. The predicted molar refractivity (Wildman–Crippen MR) is 107 cm³/mol. The van der Waals surface area contributed by atoms with Gasteiger partial charge in [0.1, 0.15) is 6.04 Å². The molecule has 2 aromatic rings. The van der Waals surface area contributed by atoms with Gasteiger partial charge in [-0.1, -0.05) is 53.0 Å². The Morgan fingerprint density at radius 1 is 1.12 bits per heavy atom. The molecule has 0 aliphatic rings. The summed E-state index contributed by atoms with van der Waals surface area (Å²) in [7, 11) is -3.79. The number of nitrogens with one attached hydrogen (secondary N) is 1. The summed E-state index contributed by atoms with van der Waals surface area (Å²) in [4.78, 5) is 12.5. The van der Waals surface area contributed by atoms with Gasteiger partial charge in [0, 0.05) is 16.6 Å². The molecule has 140 valence electrons. The molecule has 9 heteroatoms. The van der Waals surface area contributed by atoms with E-state index in [1.165, 1.54) is 25.1 Å². The summed E-state index contributed by atoms with van der Waals surface area (Å²) in [6.45, 7) is 1.64. The molecule has 1 amide bonds. The minimum atomic E-state index is -3.79. The van der Waals surface area contributed by atoms with E-state index in [1.807, 2.05) is 0 Å². The number of carbonyl (C=O) groups is 1. The number of rotatable bonds is 6. The van der Waals surface area contributed by atoms with Gasteiger partial charge in [0.25, 0.3) is 0 Å². The number of anilines is 1. The maximum Gasteiger partial charge on any atom is 0.243 e. The van der Waals surface area contributed by atoms with Crippen LogP contribution >= 0.6 is 34.8 Å². The molecule has 0 spiro atoms. The number of hydrogen-bond donors (Lipinski definition) is 1. The van der Waals surface area contributed by atoms with Gasteiger partial charge in [-0.25, -0.2) is 8.42 Å². The molecule has 2 aromatic carbocycles. The van der Waals surface area contributed by atoms with E-state index in [4.69, 9.17) is 34.8 Å². The molecule has 0 aliphatic heterocycles. The molecule has 0 bridgehead atoms. The molecule has 26 heavy (non-hydrogen) atoms. The standard InChI is InChI=1S/C17H17Cl3N2O3S/c1-11(17(23)21-10-12-5-3-4-6-14(12)19)22(26(2,24)25)16-9-13(18)7-8-15(16)20/h3-9,11H,10H2,1-2H3,(H,21,23)/t11-/m0/s1. The van der Waals surface area contributed by atoms with Gasteiger partial charge in [0.15, 0.2) is 0 Å². The molecule has 1 atom stereocenters. The molecule has 2 rings (SSSR count). The lowest BCUT2D eigenvalue weighted by molar-refractivity contribution is -0.122. The van der Waals surface area contributed by atoms with Crippen molar-refractivity contribution in [2.45, 2.75) is 19.5 Å². The molecule has 0 radical (unpaired) electrons.